The molecule has 0 radical (unpaired) electrons. The largest absolute Gasteiger partial charge is 0.453 e. The van der Waals surface area contributed by atoms with E-state index in [9.17, 15) is 24.4 Å². The number of amides is 1. The Morgan fingerprint density at radius 3 is 2.40 bits per heavy atom. The van der Waals surface area contributed by atoms with Crippen LogP contribution in [0.15, 0.2) is 0 Å². The van der Waals surface area contributed by atoms with Gasteiger partial charge in [0.2, 0.25) is 0 Å². The van der Waals surface area contributed by atoms with Crippen LogP contribution in [-0.4, -0.2) is 45.6 Å². The van der Waals surface area contributed by atoms with Crippen LogP contribution in [0.4, 0.5) is 4.79 Å². The Hall–Kier alpha value is -1.09. The third-order valence-corrected chi connectivity index (χ3v) is 8.75. The molecule has 8 heteroatoms. The highest BCUT2D eigenvalue weighted by Crippen LogP contribution is 2.62. The minimum absolute atomic E-state index is 0.0476. The maximum atomic E-state index is 12.2. The van der Waals surface area contributed by atoms with Gasteiger partial charge >= 0.3 is 13.7 Å². The van der Waals surface area contributed by atoms with Crippen molar-refractivity contribution >= 4 is 13.7 Å². The van der Waals surface area contributed by atoms with Gasteiger partial charge in [-0.3, -0.25) is 9.46 Å². The molecule has 2 rings (SSSR count). The molecule has 4 atom stereocenters. The van der Waals surface area contributed by atoms with Crippen molar-refractivity contribution in [3.63, 3.8) is 0 Å². The molecule has 4 unspecified atom stereocenters. The lowest BCUT2D eigenvalue weighted by Gasteiger charge is -2.49. The Kier molecular flexibility index (Phi) is 6.19. The molecule has 7 nitrogen and oxygen atoms in total. The van der Waals surface area contributed by atoms with Crippen LogP contribution in [0.3, 0.4) is 0 Å². The van der Waals surface area contributed by atoms with Crippen LogP contribution in [0.1, 0.15) is 52.4 Å². The van der Waals surface area contributed by atoms with E-state index in [2.05, 4.69) is 6.07 Å². The molecule has 1 aliphatic heterocycles. The van der Waals surface area contributed by atoms with E-state index < -0.39 is 24.9 Å². The number of fused-ring (bicyclic) bond motifs is 1. The lowest BCUT2D eigenvalue weighted by Crippen LogP contribution is -2.52. The summed E-state index contributed by atoms with van der Waals surface area (Å²) < 4.78 is 17.0. The van der Waals surface area contributed by atoms with E-state index in [1.807, 2.05) is 13.8 Å². The Balaban J connectivity index is 2.20. The van der Waals surface area contributed by atoms with Crippen LogP contribution in [0.5, 0.6) is 0 Å². The molecule has 2 fully saturated rings. The number of nitrogens with zero attached hydrogens (tertiary/aromatic N) is 2. The summed E-state index contributed by atoms with van der Waals surface area (Å²) in [6, 6.07) is 1.66. The number of ether oxygens (including phenoxy) is 1. The van der Waals surface area contributed by atoms with Gasteiger partial charge in [-0.1, -0.05) is 13.8 Å². The molecule has 0 aromatic carbocycles. The van der Waals surface area contributed by atoms with Crippen LogP contribution >= 0.6 is 7.60 Å². The van der Waals surface area contributed by atoms with E-state index in [0.29, 0.717) is 32.2 Å². The molecule has 0 aromatic heterocycles. The van der Waals surface area contributed by atoms with Gasteiger partial charge in [-0.05, 0) is 56.3 Å². The predicted molar refractivity (Wildman–Crippen MR) is 92.8 cm³/mol. The molecular formula is C17H29N2O5P. The van der Waals surface area contributed by atoms with Gasteiger partial charge in [0.05, 0.1) is 18.3 Å². The van der Waals surface area contributed by atoms with Gasteiger partial charge in [0, 0.05) is 6.54 Å². The fraction of sp³-hybridized carbons (Fsp3) is 0.882. The van der Waals surface area contributed by atoms with Gasteiger partial charge in [0.25, 0.3) is 0 Å². The quantitative estimate of drug-likeness (QED) is 0.734. The molecule has 25 heavy (non-hydrogen) atoms. The second-order valence-corrected chi connectivity index (χ2v) is 9.37. The minimum atomic E-state index is -4.23. The Bertz CT molecular complexity index is 580. The second kappa shape index (κ2) is 7.65. The number of carbonyl (C=O) groups is 1. The second-order valence-electron chi connectivity index (χ2n) is 7.39. The van der Waals surface area contributed by atoms with E-state index >= 15 is 0 Å². The molecule has 2 aliphatic rings. The summed E-state index contributed by atoms with van der Waals surface area (Å²) in [7, 11) is -2.91. The average Bonchev–Trinajstić information content (AvgIpc) is 2.60. The predicted octanol–water partition coefficient (Wildman–Crippen LogP) is 3.12. The molecule has 142 valence electrons. The van der Waals surface area contributed by atoms with Gasteiger partial charge in [0.15, 0.2) is 0 Å². The zero-order valence-corrected chi connectivity index (χ0v) is 16.1. The van der Waals surface area contributed by atoms with E-state index in [1.54, 1.807) is 0 Å². The smallest absolute Gasteiger partial charge is 0.410 e. The molecule has 1 saturated heterocycles. The van der Waals surface area contributed by atoms with Crippen LogP contribution in [0, 0.1) is 29.1 Å². The van der Waals surface area contributed by atoms with Crippen molar-refractivity contribution in [3.05, 3.63) is 0 Å². The number of piperidine rings is 1. The van der Waals surface area contributed by atoms with E-state index in [0.717, 1.165) is 12.8 Å². The van der Waals surface area contributed by atoms with Crippen molar-refractivity contribution in [1.29, 1.82) is 5.26 Å². The third-order valence-electron chi connectivity index (χ3n) is 6.60. The highest BCUT2D eigenvalue weighted by molar-refractivity contribution is 7.53. The zero-order valence-electron chi connectivity index (χ0n) is 15.2. The normalized spacial score (nSPS) is 30.3. The van der Waals surface area contributed by atoms with Crippen LogP contribution in [0.25, 0.3) is 0 Å². The highest BCUT2D eigenvalue weighted by atomic mass is 31.2. The Morgan fingerprint density at radius 1 is 1.28 bits per heavy atom. The van der Waals surface area contributed by atoms with Gasteiger partial charge in [-0.25, -0.2) is 4.79 Å². The lowest BCUT2D eigenvalue weighted by atomic mass is 9.65. The monoisotopic (exact) mass is 372 g/mol. The first kappa shape index (κ1) is 20.2. The first-order chi connectivity index (χ1) is 11.7. The lowest BCUT2D eigenvalue weighted by molar-refractivity contribution is 0.0272. The van der Waals surface area contributed by atoms with Crippen molar-refractivity contribution in [3.8, 4) is 6.07 Å². The molecule has 1 saturated carbocycles. The fourth-order valence-corrected chi connectivity index (χ4v) is 6.59. The number of hydrogen-bond donors (Lipinski definition) is 2. The topological polar surface area (TPSA) is 111 Å². The summed E-state index contributed by atoms with van der Waals surface area (Å²) >= 11 is 0. The average molecular weight is 372 g/mol. The fourth-order valence-electron chi connectivity index (χ4n) is 5.06. The summed E-state index contributed by atoms with van der Waals surface area (Å²) in [5, 5.41) is 8.45. The maximum absolute atomic E-state index is 12.2. The molecule has 0 spiro atoms. The van der Waals surface area contributed by atoms with Crippen molar-refractivity contribution < 1.29 is 23.9 Å². The van der Waals surface area contributed by atoms with Gasteiger partial charge < -0.3 is 14.5 Å². The SMILES string of the molecule is CCC(CC)(C1CCC2CN(C(=O)OC)C(C#N)CC2C1)P(=O)(O)O. The van der Waals surface area contributed by atoms with E-state index in [1.165, 1.54) is 12.0 Å². The first-order valence-corrected chi connectivity index (χ1v) is 10.6. The number of nitriles is 1. The van der Waals surface area contributed by atoms with Crippen molar-refractivity contribution in [2.45, 2.75) is 63.6 Å². The molecule has 0 aromatic rings. The number of rotatable bonds is 4. The summed E-state index contributed by atoms with van der Waals surface area (Å²) in [5.41, 5.74) is 0. The van der Waals surface area contributed by atoms with E-state index in [-0.39, 0.29) is 17.8 Å². The van der Waals surface area contributed by atoms with Crippen LogP contribution < -0.4 is 0 Å². The van der Waals surface area contributed by atoms with Crippen molar-refractivity contribution in [2.24, 2.45) is 17.8 Å². The van der Waals surface area contributed by atoms with Gasteiger partial charge in [-0.2, -0.15) is 5.26 Å². The summed E-state index contributed by atoms with van der Waals surface area (Å²) in [5.74, 6) is 0.435. The third kappa shape index (κ3) is 3.58. The molecule has 0 bridgehead atoms. The molecular weight excluding hydrogens is 343 g/mol. The Morgan fingerprint density at radius 2 is 1.92 bits per heavy atom. The number of methoxy groups -OCH3 is 1. The minimum Gasteiger partial charge on any atom is -0.453 e. The summed E-state index contributed by atoms with van der Waals surface area (Å²) in [4.78, 5) is 33.4. The number of hydrogen-bond acceptors (Lipinski definition) is 4. The van der Waals surface area contributed by atoms with Crippen LogP contribution in [-0.2, 0) is 9.30 Å². The number of carbonyl (C=O) groups excluding carboxylic acids is 1. The van der Waals surface area contributed by atoms with Crippen LogP contribution in [0.2, 0.25) is 0 Å². The van der Waals surface area contributed by atoms with Crippen molar-refractivity contribution in [1.82, 2.24) is 4.90 Å². The maximum Gasteiger partial charge on any atom is 0.410 e. The first-order valence-electron chi connectivity index (χ1n) is 9.03. The Labute approximate surface area is 149 Å². The summed E-state index contributed by atoms with van der Waals surface area (Å²) in [6.07, 6.45) is 3.27. The summed E-state index contributed by atoms with van der Waals surface area (Å²) in [6.45, 7) is 4.20. The van der Waals surface area contributed by atoms with Crippen molar-refractivity contribution in [2.75, 3.05) is 13.7 Å². The van der Waals surface area contributed by atoms with E-state index in [4.69, 9.17) is 4.74 Å². The molecule has 1 aliphatic carbocycles. The molecule has 2 N–H and O–H groups in total. The molecule has 1 heterocycles. The number of likely N-dealkylation sites (tertiary alicyclic amines) is 1. The zero-order chi connectivity index (χ0) is 18.8. The standard InChI is InChI=1S/C17H29N2O5P/c1-4-17(5-2,25(21,22)23)14-7-6-12-11-19(16(20)24-3)15(10-18)9-13(12)8-14/h12-15H,4-9,11H2,1-3H3,(H2,21,22,23). The highest BCUT2D eigenvalue weighted by Gasteiger charge is 2.53. The molecule has 1 amide bonds. The van der Waals surface area contributed by atoms with Gasteiger partial charge in [0.1, 0.15) is 6.04 Å². The van der Waals surface area contributed by atoms with Gasteiger partial charge in [-0.15, -0.1) is 0 Å².